The summed E-state index contributed by atoms with van der Waals surface area (Å²) in [6.07, 6.45) is -0.793. The molecule has 2 N–H and O–H groups in total. The molecule has 25 heavy (non-hydrogen) atoms. The molecule has 0 saturated carbocycles. The molecule has 3 rings (SSSR count). The third-order valence-electron chi connectivity index (χ3n) is 4.33. The van der Waals surface area contributed by atoms with E-state index in [4.69, 9.17) is 14.2 Å². The van der Waals surface area contributed by atoms with Gasteiger partial charge in [-0.2, -0.15) is 0 Å². The van der Waals surface area contributed by atoms with Crippen LogP contribution in [0.5, 0.6) is 23.0 Å². The smallest absolute Gasteiger partial charge is 0.160 e. The fourth-order valence-electron chi connectivity index (χ4n) is 2.91. The Hall–Kier alpha value is -2.92. The van der Waals surface area contributed by atoms with Crippen molar-refractivity contribution in [3.63, 3.8) is 0 Å². The Morgan fingerprint density at radius 3 is 1.56 bits per heavy atom. The van der Waals surface area contributed by atoms with Crippen molar-refractivity contribution in [1.29, 1.82) is 0 Å². The molecule has 0 aromatic heterocycles. The van der Waals surface area contributed by atoms with Gasteiger partial charge in [-0.25, -0.2) is 0 Å². The van der Waals surface area contributed by atoms with E-state index in [9.17, 15) is 10.2 Å². The Kier molecular flexibility index (Phi) is 4.42. The van der Waals surface area contributed by atoms with Crippen molar-refractivity contribution in [3.8, 4) is 23.0 Å². The minimum Gasteiger partial charge on any atom is -0.504 e. The van der Waals surface area contributed by atoms with Crippen LogP contribution in [0.25, 0.3) is 0 Å². The second-order valence-corrected chi connectivity index (χ2v) is 5.81. The second-order valence-electron chi connectivity index (χ2n) is 5.81. The number of rotatable bonds is 4. The quantitative estimate of drug-likeness (QED) is 0.879. The first-order valence-corrected chi connectivity index (χ1v) is 7.73. The standard InChI is InChI=1S/C20H20O5/c1-11-12(2)20(14-6-8-16(22)18(10-14)24-4)25-19(11)13-5-7-15(21)17(9-13)23-3/h5-10,19-22H,1-2H2,3-4H3/t19-,20-/m1/s1. The Balaban J connectivity index is 1.94. The minimum atomic E-state index is -0.396. The Morgan fingerprint density at radius 2 is 1.20 bits per heavy atom. The summed E-state index contributed by atoms with van der Waals surface area (Å²) in [4.78, 5) is 0. The highest BCUT2D eigenvalue weighted by atomic mass is 16.5. The van der Waals surface area contributed by atoms with Gasteiger partial charge in [-0.1, -0.05) is 25.3 Å². The summed E-state index contributed by atoms with van der Waals surface area (Å²) in [5, 5.41) is 19.5. The van der Waals surface area contributed by atoms with Crippen LogP contribution in [0.4, 0.5) is 0 Å². The molecule has 0 spiro atoms. The molecule has 130 valence electrons. The summed E-state index contributed by atoms with van der Waals surface area (Å²) in [6, 6.07) is 10.1. The molecule has 5 heteroatoms. The van der Waals surface area contributed by atoms with E-state index in [1.165, 1.54) is 14.2 Å². The van der Waals surface area contributed by atoms with Crippen LogP contribution in [0, 0.1) is 0 Å². The number of methoxy groups -OCH3 is 2. The molecular formula is C20H20O5. The molecule has 1 aliphatic rings. The molecule has 2 aromatic carbocycles. The Morgan fingerprint density at radius 1 is 0.800 bits per heavy atom. The molecule has 0 bridgehead atoms. The molecule has 0 unspecified atom stereocenters. The maximum Gasteiger partial charge on any atom is 0.160 e. The van der Waals surface area contributed by atoms with Crippen molar-refractivity contribution in [1.82, 2.24) is 0 Å². The molecule has 5 nitrogen and oxygen atoms in total. The molecule has 0 amide bonds. The molecule has 0 aliphatic carbocycles. The van der Waals surface area contributed by atoms with Crippen LogP contribution in [0.1, 0.15) is 23.3 Å². The van der Waals surface area contributed by atoms with Gasteiger partial charge in [0.05, 0.1) is 14.2 Å². The number of ether oxygens (including phenoxy) is 3. The predicted octanol–water partition coefficient (Wildman–Crippen LogP) is 4.04. The first kappa shape index (κ1) is 16.9. The van der Waals surface area contributed by atoms with Crippen molar-refractivity contribution in [2.24, 2.45) is 0 Å². The van der Waals surface area contributed by atoms with E-state index >= 15 is 0 Å². The van der Waals surface area contributed by atoms with E-state index in [1.54, 1.807) is 36.4 Å². The van der Waals surface area contributed by atoms with Crippen LogP contribution in [0.15, 0.2) is 60.7 Å². The fraction of sp³-hybridized carbons (Fsp3) is 0.200. The SMILES string of the molecule is C=C1C(=C)[C@H](c2ccc(O)c(OC)c2)O[C@H]1c1ccc(O)c(OC)c1. The normalized spacial score (nSPS) is 19.9. The first-order chi connectivity index (χ1) is 12.0. The summed E-state index contributed by atoms with van der Waals surface area (Å²) < 4.78 is 16.5. The summed E-state index contributed by atoms with van der Waals surface area (Å²) in [5.74, 6) is 0.866. The fourth-order valence-corrected chi connectivity index (χ4v) is 2.91. The van der Waals surface area contributed by atoms with Crippen LogP contribution in [-0.2, 0) is 4.74 Å². The highest BCUT2D eigenvalue weighted by molar-refractivity contribution is 5.51. The van der Waals surface area contributed by atoms with Crippen LogP contribution < -0.4 is 9.47 Å². The van der Waals surface area contributed by atoms with Gasteiger partial charge in [0.2, 0.25) is 0 Å². The van der Waals surface area contributed by atoms with E-state index in [2.05, 4.69) is 13.2 Å². The number of hydrogen-bond acceptors (Lipinski definition) is 5. The molecular weight excluding hydrogens is 320 g/mol. The number of phenolic OH excluding ortho intramolecular Hbond substituents is 2. The molecule has 2 aromatic rings. The van der Waals surface area contributed by atoms with Gasteiger partial charge in [-0.3, -0.25) is 0 Å². The lowest BCUT2D eigenvalue weighted by Crippen LogP contribution is -2.01. The van der Waals surface area contributed by atoms with Crippen molar-refractivity contribution in [2.75, 3.05) is 14.2 Å². The second kappa shape index (κ2) is 6.53. The molecule has 1 aliphatic heterocycles. The molecule has 0 radical (unpaired) electrons. The lowest BCUT2D eigenvalue weighted by molar-refractivity contribution is 0.0626. The largest absolute Gasteiger partial charge is 0.504 e. The highest BCUT2D eigenvalue weighted by Crippen LogP contribution is 2.49. The van der Waals surface area contributed by atoms with E-state index in [0.29, 0.717) is 11.5 Å². The number of phenols is 2. The summed E-state index contributed by atoms with van der Waals surface area (Å²) >= 11 is 0. The van der Waals surface area contributed by atoms with E-state index < -0.39 is 12.2 Å². The van der Waals surface area contributed by atoms with Crippen molar-refractivity contribution < 1.29 is 24.4 Å². The van der Waals surface area contributed by atoms with Gasteiger partial charge >= 0.3 is 0 Å². The lowest BCUT2D eigenvalue weighted by atomic mass is 9.95. The highest BCUT2D eigenvalue weighted by Gasteiger charge is 2.35. The molecule has 1 saturated heterocycles. The van der Waals surface area contributed by atoms with Gasteiger partial charge < -0.3 is 24.4 Å². The third-order valence-corrected chi connectivity index (χ3v) is 4.33. The number of hydrogen-bond donors (Lipinski definition) is 2. The van der Waals surface area contributed by atoms with Crippen molar-refractivity contribution in [3.05, 3.63) is 71.8 Å². The topological polar surface area (TPSA) is 68.2 Å². The summed E-state index contributed by atoms with van der Waals surface area (Å²) in [5.41, 5.74) is 3.14. The molecule has 1 heterocycles. The zero-order chi connectivity index (χ0) is 18.1. The van der Waals surface area contributed by atoms with Crippen molar-refractivity contribution >= 4 is 0 Å². The maximum atomic E-state index is 9.77. The van der Waals surface area contributed by atoms with Crippen LogP contribution >= 0.6 is 0 Å². The monoisotopic (exact) mass is 340 g/mol. The number of aromatic hydroxyl groups is 2. The maximum absolute atomic E-state index is 9.77. The van der Waals surface area contributed by atoms with Crippen LogP contribution in [-0.4, -0.2) is 24.4 Å². The predicted molar refractivity (Wildman–Crippen MR) is 94.2 cm³/mol. The Bertz CT molecular complexity index is 770. The lowest BCUT2D eigenvalue weighted by Gasteiger charge is -2.16. The summed E-state index contributed by atoms with van der Waals surface area (Å²) in [6.45, 7) is 8.20. The van der Waals surface area contributed by atoms with Crippen LogP contribution in [0.2, 0.25) is 0 Å². The van der Waals surface area contributed by atoms with E-state index in [1.807, 2.05) is 0 Å². The number of benzene rings is 2. The van der Waals surface area contributed by atoms with Crippen molar-refractivity contribution in [2.45, 2.75) is 12.2 Å². The third kappa shape index (κ3) is 2.94. The van der Waals surface area contributed by atoms with Crippen LogP contribution in [0.3, 0.4) is 0 Å². The zero-order valence-corrected chi connectivity index (χ0v) is 14.2. The Labute approximate surface area is 146 Å². The van der Waals surface area contributed by atoms with E-state index in [-0.39, 0.29) is 11.5 Å². The molecule has 1 fully saturated rings. The minimum absolute atomic E-state index is 0.0634. The van der Waals surface area contributed by atoms with Gasteiger partial charge in [0.15, 0.2) is 23.0 Å². The van der Waals surface area contributed by atoms with E-state index in [0.717, 1.165) is 22.3 Å². The van der Waals surface area contributed by atoms with Gasteiger partial charge in [0.1, 0.15) is 12.2 Å². The zero-order valence-electron chi connectivity index (χ0n) is 14.2. The first-order valence-electron chi connectivity index (χ1n) is 7.73. The molecule has 2 atom stereocenters. The van der Waals surface area contributed by atoms with Gasteiger partial charge in [0.25, 0.3) is 0 Å². The van der Waals surface area contributed by atoms with Gasteiger partial charge in [-0.05, 0) is 46.5 Å². The van der Waals surface area contributed by atoms with Gasteiger partial charge in [0, 0.05) is 0 Å². The van der Waals surface area contributed by atoms with Gasteiger partial charge in [-0.15, -0.1) is 0 Å². The average molecular weight is 340 g/mol. The summed E-state index contributed by atoms with van der Waals surface area (Å²) in [7, 11) is 2.99. The average Bonchev–Trinajstić information content (AvgIpc) is 2.91.